The molecule has 0 aliphatic carbocycles. The fourth-order valence-corrected chi connectivity index (χ4v) is 4.59. The largest absolute Gasteiger partial charge is 0.389 e. The molecular weight excluding hydrogens is 356 g/mol. The van der Waals surface area contributed by atoms with E-state index in [1.54, 1.807) is 16.4 Å². The summed E-state index contributed by atoms with van der Waals surface area (Å²) < 4.78 is 1.77. The molecular formula is C21H18N4OS. The number of β-amino-alcohol motifs (C(OH)–C–C–N with tert-alkyl or cyclic N) is 1. The summed E-state index contributed by atoms with van der Waals surface area (Å²) in [6, 6.07) is 24.5. The fraction of sp³-hybridized carbons (Fsp3) is 0.143. The summed E-state index contributed by atoms with van der Waals surface area (Å²) in [6.45, 7) is 0.886. The highest BCUT2D eigenvalue weighted by atomic mass is 32.2. The quantitative estimate of drug-likeness (QED) is 0.583. The van der Waals surface area contributed by atoms with Crippen molar-refractivity contribution in [2.45, 2.75) is 22.4 Å². The molecule has 0 spiro atoms. The molecule has 134 valence electrons. The zero-order valence-electron chi connectivity index (χ0n) is 14.6. The van der Waals surface area contributed by atoms with Crippen LogP contribution in [-0.2, 0) is 6.54 Å². The lowest BCUT2D eigenvalue weighted by atomic mass is 10.2. The number of anilines is 2. The number of aliphatic hydroxyl groups is 1. The molecule has 1 aliphatic rings. The lowest BCUT2D eigenvalue weighted by Crippen LogP contribution is -2.33. The van der Waals surface area contributed by atoms with Crippen LogP contribution in [-0.4, -0.2) is 32.7 Å². The van der Waals surface area contributed by atoms with Gasteiger partial charge < -0.3 is 10.0 Å². The number of hydrogen-bond donors (Lipinski definition) is 1. The second-order valence-electron chi connectivity index (χ2n) is 6.56. The molecule has 0 radical (unpaired) electrons. The van der Waals surface area contributed by atoms with E-state index in [-0.39, 0.29) is 0 Å². The van der Waals surface area contributed by atoms with Crippen LogP contribution in [0, 0.1) is 0 Å². The van der Waals surface area contributed by atoms with Crippen molar-refractivity contribution in [3.8, 4) is 0 Å². The van der Waals surface area contributed by atoms with Crippen molar-refractivity contribution in [2.75, 3.05) is 11.4 Å². The van der Waals surface area contributed by atoms with Gasteiger partial charge in [-0.2, -0.15) is 0 Å². The number of hydrogen-bond acceptors (Lipinski definition) is 5. The highest BCUT2D eigenvalue weighted by Gasteiger charge is 2.25. The van der Waals surface area contributed by atoms with Gasteiger partial charge in [0, 0.05) is 9.79 Å². The second-order valence-corrected chi connectivity index (χ2v) is 7.65. The molecule has 2 heterocycles. The molecule has 3 aromatic carbocycles. The minimum absolute atomic E-state index is 0.397. The molecule has 1 N–H and O–H groups in total. The van der Waals surface area contributed by atoms with Gasteiger partial charge in [-0.15, -0.1) is 5.10 Å². The van der Waals surface area contributed by atoms with E-state index in [4.69, 9.17) is 0 Å². The Morgan fingerprint density at radius 2 is 1.44 bits per heavy atom. The standard InChI is InChI=1S/C21H18N4OS/c26-15(14-25-17-8-2-1-7-16(17)22-23-25)13-24-18-9-3-5-11-20(18)27-21-12-6-4-10-19(21)24/h1-12,15,26H,13-14H2/t15-/m0/s1. The Bertz CT molecular complexity index is 1060. The number of aliphatic hydroxyl groups excluding tert-OH is 1. The molecule has 0 amide bonds. The lowest BCUT2D eigenvalue weighted by Gasteiger charge is -2.34. The molecule has 1 aromatic heterocycles. The Labute approximate surface area is 161 Å². The van der Waals surface area contributed by atoms with Gasteiger partial charge in [-0.3, -0.25) is 0 Å². The van der Waals surface area contributed by atoms with Crippen LogP contribution < -0.4 is 4.90 Å². The van der Waals surface area contributed by atoms with E-state index in [1.165, 1.54) is 9.79 Å². The van der Waals surface area contributed by atoms with Crippen molar-refractivity contribution in [1.29, 1.82) is 0 Å². The number of fused-ring (bicyclic) bond motifs is 3. The van der Waals surface area contributed by atoms with Crippen LogP contribution in [0.1, 0.15) is 0 Å². The van der Waals surface area contributed by atoms with Gasteiger partial charge in [-0.25, -0.2) is 4.68 Å². The first-order valence-corrected chi connectivity index (χ1v) is 9.71. The van der Waals surface area contributed by atoms with E-state index in [0.717, 1.165) is 22.4 Å². The summed E-state index contributed by atoms with van der Waals surface area (Å²) in [5.74, 6) is 0. The Kier molecular flexibility index (Phi) is 4.07. The van der Waals surface area contributed by atoms with Crippen LogP contribution >= 0.6 is 11.8 Å². The topological polar surface area (TPSA) is 54.2 Å². The predicted molar refractivity (Wildman–Crippen MR) is 108 cm³/mol. The van der Waals surface area contributed by atoms with Crippen molar-refractivity contribution in [2.24, 2.45) is 0 Å². The first kappa shape index (κ1) is 16.4. The zero-order chi connectivity index (χ0) is 18.2. The summed E-state index contributed by atoms with van der Waals surface area (Å²) in [4.78, 5) is 4.61. The molecule has 0 bridgehead atoms. The summed E-state index contributed by atoms with van der Waals surface area (Å²) in [5, 5.41) is 19.2. The van der Waals surface area contributed by atoms with Crippen LogP contribution in [0.4, 0.5) is 11.4 Å². The van der Waals surface area contributed by atoms with Crippen molar-refractivity contribution < 1.29 is 5.11 Å². The second kappa shape index (κ2) is 6.72. The number of nitrogens with zero attached hydrogens (tertiary/aromatic N) is 4. The van der Waals surface area contributed by atoms with E-state index >= 15 is 0 Å². The Morgan fingerprint density at radius 3 is 2.19 bits per heavy atom. The van der Waals surface area contributed by atoms with E-state index in [1.807, 2.05) is 36.4 Å². The van der Waals surface area contributed by atoms with Crippen LogP contribution in [0.15, 0.2) is 82.6 Å². The average Bonchev–Trinajstić information content (AvgIpc) is 3.11. The Balaban J connectivity index is 1.45. The third-order valence-electron chi connectivity index (χ3n) is 4.73. The molecule has 5 nitrogen and oxygen atoms in total. The third-order valence-corrected chi connectivity index (χ3v) is 5.86. The molecule has 0 fully saturated rings. The van der Waals surface area contributed by atoms with Crippen LogP contribution in [0.2, 0.25) is 0 Å². The Morgan fingerprint density at radius 1 is 0.815 bits per heavy atom. The summed E-state index contributed by atoms with van der Waals surface area (Å²) in [5.41, 5.74) is 4.04. The molecule has 4 aromatic rings. The highest BCUT2D eigenvalue weighted by molar-refractivity contribution is 7.99. The summed E-state index contributed by atoms with van der Waals surface area (Å²) in [7, 11) is 0. The molecule has 0 saturated carbocycles. The van der Waals surface area contributed by atoms with Crippen LogP contribution in [0.5, 0.6) is 0 Å². The monoisotopic (exact) mass is 374 g/mol. The van der Waals surface area contributed by atoms with E-state index in [0.29, 0.717) is 13.1 Å². The van der Waals surface area contributed by atoms with Crippen molar-refractivity contribution in [3.63, 3.8) is 0 Å². The van der Waals surface area contributed by atoms with E-state index in [2.05, 4.69) is 51.6 Å². The van der Waals surface area contributed by atoms with E-state index < -0.39 is 6.10 Å². The van der Waals surface area contributed by atoms with Crippen molar-refractivity contribution in [1.82, 2.24) is 15.0 Å². The molecule has 6 heteroatoms. The van der Waals surface area contributed by atoms with Gasteiger partial charge in [-0.05, 0) is 36.4 Å². The SMILES string of the molecule is O[C@@H](CN1c2ccccc2Sc2ccccc21)Cn1nnc2ccccc21. The first-order chi connectivity index (χ1) is 13.3. The third kappa shape index (κ3) is 2.97. The van der Waals surface area contributed by atoms with Crippen LogP contribution in [0.3, 0.4) is 0 Å². The minimum atomic E-state index is -0.584. The smallest absolute Gasteiger partial charge is 0.113 e. The van der Waals surface area contributed by atoms with Gasteiger partial charge in [0.25, 0.3) is 0 Å². The summed E-state index contributed by atoms with van der Waals surface area (Å²) in [6.07, 6.45) is -0.584. The van der Waals surface area contributed by atoms with Crippen molar-refractivity contribution in [3.05, 3.63) is 72.8 Å². The number of benzene rings is 3. The predicted octanol–water partition coefficient (Wildman–Crippen LogP) is 4.10. The molecule has 27 heavy (non-hydrogen) atoms. The molecule has 0 unspecified atom stereocenters. The minimum Gasteiger partial charge on any atom is -0.389 e. The van der Waals surface area contributed by atoms with Gasteiger partial charge in [0.2, 0.25) is 0 Å². The van der Waals surface area contributed by atoms with Gasteiger partial charge in [-0.1, -0.05) is 53.4 Å². The number of aromatic nitrogens is 3. The fourth-order valence-electron chi connectivity index (χ4n) is 3.50. The lowest BCUT2D eigenvalue weighted by molar-refractivity contribution is 0.157. The molecule has 1 aliphatic heterocycles. The normalized spacial score (nSPS) is 14.0. The maximum atomic E-state index is 10.8. The van der Waals surface area contributed by atoms with Crippen molar-refractivity contribution >= 4 is 34.2 Å². The van der Waals surface area contributed by atoms with Gasteiger partial charge in [0.05, 0.1) is 36.1 Å². The zero-order valence-corrected chi connectivity index (χ0v) is 15.4. The maximum absolute atomic E-state index is 10.8. The Hall–Kier alpha value is -2.83. The number of para-hydroxylation sites is 3. The highest BCUT2D eigenvalue weighted by Crippen LogP contribution is 2.47. The number of rotatable bonds is 4. The van der Waals surface area contributed by atoms with Gasteiger partial charge in [0.15, 0.2) is 0 Å². The van der Waals surface area contributed by atoms with Crippen LogP contribution in [0.25, 0.3) is 11.0 Å². The van der Waals surface area contributed by atoms with Gasteiger partial charge in [0.1, 0.15) is 5.52 Å². The maximum Gasteiger partial charge on any atom is 0.113 e. The molecule has 0 saturated heterocycles. The molecule has 5 rings (SSSR count). The first-order valence-electron chi connectivity index (χ1n) is 8.89. The van der Waals surface area contributed by atoms with E-state index in [9.17, 15) is 5.11 Å². The average molecular weight is 374 g/mol. The molecule has 1 atom stereocenters. The summed E-state index contributed by atoms with van der Waals surface area (Å²) >= 11 is 1.77. The van der Waals surface area contributed by atoms with Gasteiger partial charge >= 0.3 is 0 Å².